The number of nitrogens with zero attached hydrogens (tertiary/aromatic N) is 2. The lowest BCUT2D eigenvalue weighted by Gasteiger charge is -2.21. The highest BCUT2D eigenvalue weighted by Gasteiger charge is 2.15. The Balaban J connectivity index is 2.10. The van der Waals surface area contributed by atoms with Crippen LogP contribution < -0.4 is 10.5 Å². The van der Waals surface area contributed by atoms with Crippen molar-refractivity contribution in [3.63, 3.8) is 0 Å². The van der Waals surface area contributed by atoms with Crippen LogP contribution in [0.4, 0.5) is 13.2 Å². The molecule has 2 N–H and O–H groups in total. The molecule has 7 heteroatoms. The summed E-state index contributed by atoms with van der Waals surface area (Å²) >= 11 is 0. The van der Waals surface area contributed by atoms with E-state index < -0.39 is 12.4 Å². The summed E-state index contributed by atoms with van der Waals surface area (Å²) in [5, 5.41) is 0. The molecule has 1 aromatic rings. The maximum absolute atomic E-state index is 13.8. The summed E-state index contributed by atoms with van der Waals surface area (Å²) in [5.41, 5.74) is 5.92. The van der Waals surface area contributed by atoms with Crippen LogP contribution in [0.2, 0.25) is 0 Å². The zero-order valence-electron chi connectivity index (χ0n) is 12.3. The lowest BCUT2D eigenvalue weighted by Crippen LogP contribution is -2.38. The van der Waals surface area contributed by atoms with Crippen molar-refractivity contribution in [2.75, 3.05) is 13.1 Å². The van der Waals surface area contributed by atoms with Gasteiger partial charge in [0.05, 0.1) is 12.1 Å². The molecule has 0 aliphatic carbocycles. The molecule has 0 bridgehead atoms. The van der Waals surface area contributed by atoms with Gasteiger partial charge in [0, 0.05) is 13.1 Å². The number of hydrogen-bond acceptors (Lipinski definition) is 2. The third-order valence-electron chi connectivity index (χ3n) is 3.62. The van der Waals surface area contributed by atoms with E-state index in [1.165, 1.54) is 18.2 Å². The molecule has 122 valence electrons. The molecule has 1 heterocycles. The number of nitrogens with two attached hydrogens (primary N) is 1. The molecule has 0 amide bonds. The van der Waals surface area contributed by atoms with Crippen LogP contribution >= 0.6 is 0 Å². The van der Waals surface area contributed by atoms with Gasteiger partial charge >= 0.3 is 6.61 Å². The lowest BCUT2D eigenvalue weighted by molar-refractivity contribution is -0.0506. The van der Waals surface area contributed by atoms with Crippen LogP contribution in [0.5, 0.6) is 5.75 Å². The van der Waals surface area contributed by atoms with Crippen molar-refractivity contribution in [3.05, 3.63) is 29.6 Å². The average molecular weight is 315 g/mol. The summed E-state index contributed by atoms with van der Waals surface area (Å²) in [6, 6.07) is 3.80. The summed E-state index contributed by atoms with van der Waals surface area (Å²) in [6.45, 7) is -1.51. The molecule has 0 spiro atoms. The molecule has 0 saturated carbocycles. The van der Waals surface area contributed by atoms with E-state index in [-0.39, 0.29) is 17.9 Å². The third kappa shape index (κ3) is 4.54. The minimum atomic E-state index is -3.01. The van der Waals surface area contributed by atoms with Crippen LogP contribution in [0.15, 0.2) is 23.2 Å². The van der Waals surface area contributed by atoms with Gasteiger partial charge in [-0.3, -0.25) is 0 Å². The number of guanidine groups is 1. The highest BCUT2D eigenvalue weighted by Crippen LogP contribution is 2.24. The van der Waals surface area contributed by atoms with Gasteiger partial charge in [-0.1, -0.05) is 18.9 Å². The second-order valence-electron chi connectivity index (χ2n) is 5.17. The van der Waals surface area contributed by atoms with Crippen LogP contribution in [0.3, 0.4) is 0 Å². The van der Waals surface area contributed by atoms with Gasteiger partial charge in [-0.2, -0.15) is 8.78 Å². The minimum Gasteiger partial charge on any atom is -0.434 e. The fraction of sp³-hybridized carbons (Fsp3) is 0.533. The predicted octanol–water partition coefficient (Wildman–Crippen LogP) is 3.12. The Labute approximate surface area is 127 Å². The zero-order valence-corrected chi connectivity index (χ0v) is 12.3. The highest BCUT2D eigenvalue weighted by molar-refractivity contribution is 5.78. The van der Waals surface area contributed by atoms with Gasteiger partial charge in [0.25, 0.3) is 0 Å². The molecule has 0 radical (unpaired) electrons. The summed E-state index contributed by atoms with van der Waals surface area (Å²) in [7, 11) is 0. The molecular weight excluding hydrogens is 295 g/mol. The maximum atomic E-state index is 13.8. The maximum Gasteiger partial charge on any atom is 0.387 e. The minimum absolute atomic E-state index is 0.0134. The van der Waals surface area contributed by atoms with Gasteiger partial charge in [0.1, 0.15) is 11.6 Å². The molecule has 2 rings (SSSR count). The fourth-order valence-corrected chi connectivity index (χ4v) is 2.46. The number of benzene rings is 1. The Morgan fingerprint density at radius 2 is 1.91 bits per heavy atom. The van der Waals surface area contributed by atoms with Crippen molar-refractivity contribution in [1.29, 1.82) is 0 Å². The van der Waals surface area contributed by atoms with Crippen LogP contribution in [-0.2, 0) is 6.54 Å². The van der Waals surface area contributed by atoms with E-state index in [1.54, 1.807) is 0 Å². The summed E-state index contributed by atoms with van der Waals surface area (Å²) < 4.78 is 42.8. The van der Waals surface area contributed by atoms with Crippen LogP contribution in [-0.4, -0.2) is 30.6 Å². The van der Waals surface area contributed by atoms with Crippen molar-refractivity contribution < 1.29 is 17.9 Å². The van der Waals surface area contributed by atoms with Gasteiger partial charge < -0.3 is 15.4 Å². The Morgan fingerprint density at radius 3 is 2.55 bits per heavy atom. The van der Waals surface area contributed by atoms with Gasteiger partial charge in [-0.15, -0.1) is 0 Å². The molecule has 1 fully saturated rings. The Hall–Kier alpha value is -1.92. The van der Waals surface area contributed by atoms with Crippen molar-refractivity contribution in [2.45, 2.75) is 38.8 Å². The first-order valence-electron chi connectivity index (χ1n) is 7.35. The second-order valence-corrected chi connectivity index (χ2v) is 5.17. The zero-order chi connectivity index (χ0) is 15.9. The normalized spacial score (nSPS) is 16.7. The van der Waals surface area contributed by atoms with Crippen molar-refractivity contribution in [1.82, 2.24) is 4.90 Å². The first-order chi connectivity index (χ1) is 10.6. The average Bonchev–Trinajstić information content (AvgIpc) is 2.75. The standard InChI is InChI=1S/C15H20F3N3O/c16-12-6-5-7-13(22-14(17)18)11(12)10-20-15(19)21-8-3-1-2-4-9-21/h5-7,14H,1-4,8-10H2,(H2,19,20). The van der Waals surface area contributed by atoms with Crippen molar-refractivity contribution in [2.24, 2.45) is 10.7 Å². The first kappa shape index (κ1) is 16.5. The lowest BCUT2D eigenvalue weighted by atomic mass is 10.2. The quantitative estimate of drug-likeness (QED) is 0.686. The van der Waals surface area contributed by atoms with E-state index in [9.17, 15) is 13.2 Å². The predicted molar refractivity (Wildman–Crippen MR) is 78.4 cm³/mol. The first-order valence-corrected chi connectivity index (χ1v) is 7.35. The van der Waals surface area contributed by atoms with Gasteiger partial charge in [-0.25, -0.2) is 9.38 Å². The number of aliphatic imine (C=N–C) groups is 1. The van der Waals surface area contributed by atoms with Crippen molar-refractivity contribution in [3.8, 4) is 5.75 Å². The molecule has 0 atom stereocenters. The summed E-state index contributed by atoms with van der Waals surface area (Å²) in [5.74, 6) is -0.527. The van der Waals surface area contributed by atoms with Gasteiger partial charge in [0.15, 0.2) is 5.96 Å². The fourth-order valence-electron chi connectivity index (χ4n) is 2.46. The van der Waals surface area contributed by atoms with Crippen LogP contribution in [0, 0.1) is 5.82 Å². The second kappa shape index (κ2) is 7.91. The Bertz CT molecular complexity index is 515. The molecule has 22 heavy (non-hydrogen) atoms. The SMILES string of the molecule is NC(=NCc1c(F)cccc1OC(F)F)N1CCCCCC1. The number of likely N-dealkylation sites (tertiary alicyclic amines) is 1. The van der Waals surface area contributed by atoms with E-state index in [2.05, 4.69) is 9.73 Å². The topological polar surface area (TPSA) is 50.9 Å². The van der Waals surface area contributed by atoms with Gasteiger partial charge in [-0.05, 0) is 25.0 Å². The van der Waals surface area contributed by atoms with Crippen LogP contribution in [0.1, 0.15) is 31.2 Å². The number of hydrogen-bond donors (Lipinski definition) is 1. The third-order valence-corrected chi connectivity index (χ3v) is 3.62. The number of alkyl halides is 2. The molecule has 0 aromatic heterocycles. The van der Waals surface area contributed by atoms with E-state index in [0.717, 1.165) is 38.8 Å². The largest absolute Gasteiger partial charge is 0.434 e. The highest BCUT2D eigenvalue weighted by atomic mass is 19.3. The molecule has 1 aromatic carbocycles. The van der Waals surface area contributed by atoms with E-state index in [4.69, 9.17) is 5.73 Å². The van der Waals surface area contributed by atoms with Gasteiger partial charge in [0.2, 0.25) is 0 Å². The van der Waals surface area contributed by atoms with E-state index in [1.807, 2.05) is 4.90 Å². The van der Waals surface area contributed by atoms with Crippen molar-refractivity contribution >= 4 is 5.96 Å². The smallest absolute Gasteiger partial charge is 0.387 e. The Morgan fingerprint density at radius 1 is 1.23 bits per heavy atom. The summed E-state index contributed by atoms with van der Waals surface area (Å²) in [4.78, 5) is 6.09. The van der Waals surface area contributed by atoms with E-state index >= 15 is 0 Å². The molecule has 1 aliphatic heterocycles. The molecule has 1 aliphatic rings. The number of ether oxygens (including phenoxy) is 1. The Kier molecular flexibility index (Phi) is 5.91. The molecular formula is C15H20F3N3O. The van der Waals surface area contributed by atoms with Crippen LogP contribution in [0.25, 0.3) is 0 Å². The number of rotatable bonds is 4. The molecule has 4 nitrogen and oxygen atoms in total. The monoisotopic (exact) mass is 315 g/mol. The number of halogens is 3. The molecule has 0 unspecified atom stereocenters. The molecule has 1 saturated heterocycles. The summed E-state index contributed by atoms with van der Waals surface area (Å²) in [6.07, 6.45) is 4.39. The van der Waals surface area contributed by atoms with E-state index in [0.29, 0.717) is 5.96 Å².